The van der Waals surface area contributed by atoms with Gasteiger partial charge in [-0.1, -0.05) is 153 Å². The number of ether oxygens (including phenoxy) is 4. The summed E-state index contributed by atoms with van der Waals surface area (Å²) < 4.78 is 52.0. The van der Waals surface area contributed by atoms with Crippen LogP contribution in [0.15, 0.2) is 121 Å². The Balaban J connectivity index is 0.948. The molecule has 0 amide bonds. The summed E-state index contributed by atoms with van der Waals surface area (Å²) in [4.78, 5) is 51.9. The SMILES string of the molecule is CCCCCCCCCCCc1ccc(C(=O)Oc2ccc(C(=O)Oc3ccc4ccc(OC(=O)c5ccc(OC(=O)c6ccc(CCCCCCCCCCC)cc6)c(F)c5)cc4c3)cc2F)cc1. The third kappa shape index (κ3) is 16.8. The average Bonchev–Trinajstić information content (AvgIpc) is 3.36. The molecule has 0 N–H and O–H groups in total. The van der Waals surface area contributed by atoms with E-state index in [1.54, 1.807) is 60.7 Å². The van der Waals surface area contributed by atoms with Gasteiger partial charge in [0.05, 0.1) is 22.3 Å². The lowest BCUT2D eigenvalue weighted by Gasteiger charge is -2.10. The summed E-state index contributed by atoms with van der Waals surface area (Å²) in [6, 6.07) is 30.7. The highest BCUT2D eigenvalue weighted by Gasteiger charge is 2.19. The molecule has 6 aromatic rings. The van der Waals surface area contributed by atoms with Crippen LogP contribution in [0.3, 0.4) is 0 Å². The summed E-state index contributed by atoms with van der Waals surface area (Å²) in [6.07, 6.45) is 24.4. The van der Waals surface area contributed by atoms with Gasteiger partial charge in [0.25, 0.3) is 0 Å². The molecule has 0 saturated carbocycles. The molecule has 368 valence electrons. The smallest absolute Gasteiger partial charge is 0.343 e. The van der Waals surface area contributed by atoms with Gasteiger partial charge in [-0.05, 0) is 133 Å². The van der Waals surface area contributed by atoms with Gasteiger partial charge in [0.15, 0.2) is 23.1 Å². The van der Waals surface area contributed by atoms with Crippen molar-refractivity contribution >= 4 is 34.6 Å². The van der Waals surface area contributed by atoms with E-state index in [1.807, 2.05) is 24.3 Å². The van der Waals surface area contributed by atoms with E-state index in [1.165, 1.54) is 127 Å². The first-order valence-corrected chi connectivity index (χ1v) is 25.3. The Morgan fingerprint density at radius 2 is 0.671 bits per heavy atom. The van der Waals surface area contributed by atoms with E-state index >= 15 is 8.78 Å². The predicted octanol–water partition coefficient (Wildman–Crippen LogP) is 16.1. The number of fused-ring (bicyclic) bond motifs is 1. The van der Waals surface area contributed by atoms with Crippen molar-refractivity contribution in [3.05, 3.63) is 166 Å². The molecule has 6 rings (SSSR count). The van der Waals surface area contributed by atoms with Gasteiger partial charge in [0, 0.05) is 0 Å². The molecule has 0 aliphatic rings. The largest absolute Gasteiger partial charge is 0.423 e. The van der Waals surface area contributed by atoms with Crippen molar-refractivity contribution in [2.45, 2.75) is 142 Å². The van der Waals surface area contributed by atoms with Crippen molar-refractivity contribution in [1.82, 2.24) is 0 Å². The van der Waals surface area contributed by atoms with Gasteiger partial charge in [0.1, 0.15) is 11.5 Å². The van der Waals surface area contributed by atoms with Gasteiger partial charge in [-0.25, -0.2) is 28.0 Å². The predicted molar refractivity (Wildman–Crippen MR) is 271 cm³/mol. The molecular weight excluding hydrogens is 887 g/mol. The van der Waals surface area contributed by atoms with Crippen LogP contribution in [0.25, 0.3) is 10.8 Å². The monoisotopic (exact) mass is 952 g/mol. The van der Waals surface area contributed by atoms with Gasteiger partial charge < -0.3 is 18.9 Å². The van der Waals surface area contributed by atoms with Crippen LogP contribution >= 0.6 is 0 Å². The van der Waals surface area contributed by atoms with E-state index in [-0.39, 0.29) is 45.3 Å². The fourth-order valence-corrected chi connectivity index (χ4v) is 8.30. The average molecular weight is 953 g/mol. The molecule has 0 atom stereocenters. The number of esters is 4. The zero-order chi connectivity index (χ0) is 49.5. The third-order valence-electron chi connectivity index (χ3n) is 12.5. The van der Waals surface area contributed by atoms with E-state index in [0.717, 1.165) is 54.3 Å². The molecule has 0 aliphatic carbocycles. The molecule has 0 fully saturated rings. The lowest BCUT2D eigenvalue weighted by Crippen LogP contribution is -2.12. The summed E-state index contributed by atoms with van der Waals surface area (Å²) in [6.45, 7) is 4.45. The number of hydrogen-bond acceptors (Lipinski definition) is 8. The van der Waals surface area contributed by atoms with E-state index in [0.29, 0.717) is 5.39 Å². The maximum atomic E-state index is 15.2. The second-order valence-electron chi connectivity index (χ2n) is 18.1. The molecule has 0 saturated heterocycles. The number of carbonyl (C=O) groups is 4. The normalized spacial score (nSPS) is 11.1. The number of carbonyl (C=O) groups excluding carboxylic acids is 4. The first-order valence-electron chi connectivity index (χ1n) is 25.3. The van der Waals surface area contributed by atoms with Gasteiger partial charge in [0.2, 0.25) is 0 Å². The van der Waals surface area contributed by atoms with Gasteiger partial charge in [-0.2, -0.15) is 0 Å². The standard InChI is InChI=1S/C60H66F2O8/c1-3-5-7-9-11-13-15-17-19-21-43-23-27-46(28-24-43)57(63)69-55-37-33-48(41-53(55)61)59(65)67-51-35-31-45-32-36-52(40-50(45)39-51)68-60(66)49-34-38-56(54(62)42-49)70-58(64)47-29-25-44(26-30-47)22-20-18-16-14-12-10-8-6-4-2/h23-42H,3-22H2,1-2H3. The maximum absolute atomic E-state index is 15.2. The van der Waals surface area contributed by atoms with Crippen LogP contribution in [0.4, 0.5) is 8.78 Å². The molecule has 8 nitrogen and oxygen atoms in total. The molecule has 0 spiro atoms. The molecule has 0 radical (unpaired) electrons. The first kappa shape index (κ1) is 52.7. The molecule has 10 heteroatoms. The molecule has 0 aliphatic heterocycles. The van der Waals surface area contributed by atoms with Crippen molar-refractivity contribution in [3.63, 3.8) is 0 Å². The number of hydrogen-bond donors (Lipinski definition) is 0. The highest BCUT2D eigenvalue weighted by Crippen LogP contribution is 2.28. The van der Waals surface area contributed by atoms with Crippen molar-refractivity contribution in [2.75, 3.05) is 0 Å². The molecular formula is C60H66F2O8. The fraction of sp³-hybridized carbons (Fsp3) is 0.367. The Kier molecular flexibility index (Phi) is 21.1. The lowest BCUT2D eigenvalue weighted by molar-refractivity contribution is 0.0714. The second-order valence-corrected chi connectivity index (χ2v) is 18.1. The van der Waals surface area contributed by atoms with E-state index in [9.17, 15) is 19.2 Å². The minimum absolute atomic E-state index is 0.109. The highest BCUT2D eigenvalue weighted by atomic mass is 19.1. The van der Waals surface area contributed by atoms with Crippen molar-refractivity contribution in [1.29, 1.82) is 0 Å². The van der Waals surface area contributed by atoms with Crippen LogP contribution in [-0.4, -0.2) is 23.9 Å². The minimum atomic E-state index is -0.912. The molecule has 0 unspecified atom stereocenters. The number of benzene rings is 6. The van der Waals surface area contributed by atoms with Gasteiger partial charge in [-0.15, -0.1) is 0 Å². The van der Waals surface area contributed by atoms with Crippen molar-refractivity contribution < 1.29 is 46.9 Å². The Morgan fingerprint density at radius 3 is 1.03 bits per heavy atom. The Bertz CT molecular complexity index is 2460. The number of unbranched alkanes of at least 4 members (excludes halogenated alkanes) is 16. The molecule has 6 aromatic carbocycles. The Hall–Kier alpha value is -6.68. The maximum Gasteiger partial charge on any atom is 0.343 e. The summed E-state index contributed by atoms with van der Waals surface area (Å²) in [5.74, 6) is -5.35. The van der Waals surface area contributed by atoms with E-state index < -0.39 is 35.5 Å². The Labute approximate surface area is 411 Å². The van der Waals surface area contributed by atoms with Crippen LogP contribution < -0.4 is 18.9 Å². The van der Waals surface area contributed by atoms with Crippen LogP contribution in [0.2, 0.25) is 0 Å². The van der Waals surface area contributed by atoms with Crippen LogP contribution in [0.1, 0.15) is 182 Å². The topological polar surface area (TPSA) is 105 Å². The van der Waals surface area contributed by atoms with Crippen LogP contribution in [0.5, 0.6) is 23.0 Å². The zero-order valence-electron chi connectivity index (χ0n) is 40.7. The van der Waals surface area contributed by atoms with Gasteiger partial charge in [-0.3, -0.25) is 0 Å². The molecule has 0 aromatic heterocycles. The molecule has 0 heterocycles. The van der Waals surface area contributed by atoms with Gasteiger partial charge >= 0.3 is 23.9 Å². The quantitative estimate of drug-likeness (QED) is 0.0272. The summed E-state index contributed by atoms with van der Waals surface area (Å²) in [5, 5.41) is 1.28. The molecule has 0 bridgehead atoms. The highest BCUT2D eigenvalue weighted by molar-refractivity contribution is 5.95. The van der Waals surface area contributed by atoms with Crippen LogP contribution in [0, 0.1) is 11.6 Å². The fourth-order valence-electron chi connectivity index (χ4n) is 8.30. The summed E-state index contributed by atoms with van der Waals surface area (Å²) in [7, 11) is 0. The minimum Gasteiger partial charge on any atom is -0.423 e. The van der Waals surface area contributed by atoms with E-state index in [4.69, 9.17) is 18.9 Å². The summed E-state index contributed by atoms with van der Waals surface area (Å²) in [5.41, 5.74) is 2.60. The number of aryl methyl sites for hydroxylation is 2. The number of halogens is 2. The van der Waals surface area contributed by atoms with Crippen molar-refractivity contribution in [2.24, 2.45) is 0 Å². The molecule has 70 heavy (non-hydrogen) atoms. The lowest BCUT2D eigenvalue weighted by atomic mass is 10.0. The Morgan fingerprint density at radius 1 is 0.343 bits per heavy atom. The number of rotatable bonds is 28. The second kappa shape index (κ2) is 28.1. The van der Waals surface area contributed by atoms with E-state index in [2.05, 4.69) is 13.8 Å². The third-order valence-corrected chi connectivity index (χ3v) is 12.5. The van der Waals surface area contributed by atoms with Crippen molar-refractivity contribution in [3.8, 4) is 23.0 Å². The summed E-state index contributed by atoms with van der Waals surface area (Å²) >= 11 is 0. The first-order chi connectivity index (χ1) is 34.1. The zero-order valence-corrected chi connectivity index (χ0v) is 40.7. The van der Waals surface area contributed by atoms with Crippen LogP contribution in [-0.2, 0) is 12.8 Å².